The minimum Gasteiger partial charge on any atom is -0.481 e. The number of hydrogen-bond acceptors (Lipinski definition) is 4. The Bertz CT molecular complexity index is 460. The monoisotopic (exact) mass is 264 g/mol. The largest absolute Gasteiger partial charge is 0.574 e. The van der Waals surface area contributed by atoms with E-state index in [4.69, 9.17) is 10.8 Å². The molecule has 18 heavy (non-hydrogen) atoms. The number of carboxylic acids is 1. The van der Waals surface area contributed by atoms with Crippen molar-refractivity contribution >= 4 is 5.97 Å². The van der Waals surface area contributed by atoms with Crippen LogP contribution in [0.2, 0.25) is 0 Å². The minimum atomic E-state index is -4.92. The van der Waals surface area contributed by atoms with Crippen LogP contribution < -0.4 is 10.5 Å². The second kappa shape index (κ2) is 5.21. The first-order valence-electron chi connectivity index (χ1n) is 4.90. The van der Waals surface area contributed by atoms with Gasteiger partial charge in [0.25, 0.3) is 0 Å². The fraction of sp³-hybridized carbons (Fsp3) is 0.400. The summed E-state index contributed by atoms with van der Waals surface area (Å²) in [7, 11) is 0. The molecule has 3 N–H and O–H groups in total. The van der Waals surface area contributed by atoms with Crippen molar-refractivity contribution < 1.29 is 27.8 Å². The average molecular weight is 264 g/mol. The summed E-state index contributed by atoms with van der Waals surface area (Å²) in [4.78, 5) is 14.2. The molecular formula is C10H11F3N2O3. The van der Waals surface area contributed by atoms with Gasteiger partial charge in [-0.15, -0.1) is 13.2 Å². The maximum absolute atomic E-state index is 12.1. The summed E-state index contributed by atoms with van der Waals surface area (Å²) in [5.41, 5.74) is 5.96. The predicted octanol–water partition coefficient (Wildman–Crippen LogP) is 1.37. The number of carbonyl (C=O) groups is 1. The van der Waals surface area contributed by atoms with Crippen molar-refractivity contribution in [2.75, 3.05) is 0 Å². The molecular weight excluding hydrogens is 253 g/mol. The number of nitrogens with zero attached hydrogens (tertiary/aromatic N) is 1. The van der Waals surface area contributed by atoms with Crippen LogP contribution in [0.15, 0.2) is 6.07 Å². The third-order valence-electron chi connectivity index (χ3n) is 2.13. The van der Waals surface area contributed by atoms with E-state index in [9.17, 15) is 18.0 Å². The lowest BCUT2D eigenvalue weighted by molar-refractivity contribution is -0.276. The van der Waals surface area contributed by atoms with Crippen LogP contribution >= 0.6 is 0 Å². The van der Waals surface area contributed by atoms with E-state index < -0.39 is 24.6 Å². The molecule has 8 heteroatoms. The summed E-state index contributed by atoms with van der Waals surface area (Å²) in [5.74, 6) is -2.03. The summed E-state index contributed by atoms with van der Waals surface area (Å²) < 4.78 is 40.1. The number of ether oxygens (including phenoxy) is 1. The lowest BCUT2D eigenvalue weighted by Gasteiger charge is -2.14. The van der Waals surface area contributed by atoms with Crippen LogP contribution in [0.25, 0.3) is 0 Å². The normalized spacial score (nSPS) is 11.4. The number of aryl methyl sites for hydroxylation is 1. The molecule has 1 aromatic heterocycles. The lowest BCUT2D eigenvalue weighted by atomic mass is 10.1. The second-order valence-corrected chi connectivity index (χ2v) is 3.52. The van der Waals surface area contributed by atoms with Crippen molar-refractivity contribution in [1.29, 1.82) is 0 Å². The average Bonchev–Trinajstić information content (AvgIpc) is 2.19. The first-order valence-corrected chi connectivity index (χ1v) is 4.90. The second-order valence-electron chi connectivity index (χ2n) is 3.52. The van der Waals surface area contributed by atoms with Crippen LogP contribution in [0.3, 0.4) is 0 Å². The van der Waals surface area contributed by atoms with E-state index in [0.717, 1.165) is 0 Å². The number of rotatable bonds is 4. The maximum Gasteiger partial charge on any atom is 0.574 e. The molecule has 0 saturated carbocycles. The van der Waals surface area contributed by atoms with Gasteiger partial charge >= 0.3 is 12.3 Å². The van der Waals surface area contributed by atoms with Gasteiger partial charge in [-0.25, -0.2) is 4.98 Å². The van der Waals surface area contributed by atoms with E-state index in [1.54, 1.807) is 0 Å². The van der Waals surface area contributed by atoms with Gasteiger partial charge < -0.3 is 15.6 Å². The van der Waals surface area contributed by atoms with Crippen LogP contribution in [-0.2, 0) is 17.8 Å². The molecule has 100 valence electrons. The van der Waals surface area contributed by atoms with E-state index >= 15 is 0 Å². The summed E-state index contributed by atoms with van der Waals surface area (Å²) in [6.45, 7) is 1.52. The highest BCUT2D eigenvalue weighted by Gasteiger charge is 2.33. The Morgan fingerprint density at radius 2 is 2.11 bits per heavy atom. The number of aliphatic carboxylic acids is 1. The van der Waals surface area contributed by atoms with Gasteiger partial charge in [-0.2, -0.15) is 0 Å². The molecule has 0 radical (unpaired) electrons. The molecule has 0 atom stereocenters. The molecule has 0 fully saturated rings. The Kier molecular flexibility index (Phi) is 4.12. The van der Waals surface area contributed by atoms with E-state index in [2.05, 4.69) is 9.72 Å². The van der Waals surface area contributed by atoms with Crippen LogP contribution in [0, 0.1) is 6.92 Å². The number of hydrogen-bond donors (Lipinski definition) is 2. The number of carboxylic acid groups (broad SMARTS) is 1. The Labute approximate surface area is 100 Å². The van der Waals surface area contributed by atoms with Crippen molar-refractivity contribution in [2.24, 2.45) is 5.73 Å². The standard InChI is InChI=1S/C10H11F3N2O3/c1-5-7(4-14)2-6(3-8(16)17)9(15-5)18-10(11,12)13/h2H,3-4,14H2,1H3,(H,16,17). The third kappa shape index (κ3) is 3.88. The molecule has 5 nitrogen and oxygen atoms in total. The van der Waals surface area contributed by atoms with E-state index in [0.29, 0.717) is 5.56 Å². The zero-order valence-corrected chi connectivity index (χ0v) is 9.41. The highest BCUT2D eigenvalue weighted by Crippen LogP contribution is 2.26. The smallest absolute Gasteiger partial charge is 0.481 e. The van der Waals surface area contributed by atoms with E-state index in [-0.39, 0.29) is 17.8 Å². The van der Waals surface area contributed by atoms with Crippen molar-refractivity contribution in [1.82, 2.24) is 4.98 Å². The molecule has 0 aliphatic heterocycles. The van der Waals surface area contributed by atoms with Gasteiger partial charge in [0.2, 0.25) is 5.88 Å². The van der Waals surface area contributed by atoms with Gasteiger partial charge in [0.1, 0.15) is 0 Å². The predicted molar refractivity (Wildman–Crippen MR) is 54.9 cm³/mol. The van der Waals surface area contributed by atoms with Gasteiger partial charge in [-0.3, -0.25) is 4.79 Å². The van der Waals surface area contributed by atoms with Crippen molar-refractivity contribution in [3.63, 3.8) is 0 Å². The molecule has 1 aromatic rings. The number of halogens is 3. The molecule has 0 aliphatic carbocycles. The summed E-state index contributed by atoms with van der Waals surface area (Å²) in [6.07, 6.45) is -5.54. The van der Waals surface area contributed by atoms with Crippen molar-refractivity contribution in [2.45, 2.75) is 26.3 Å². The third-order valence-corrected chi connectivity index (χ3v) is 2.13. The topological polar surface area (TPSA) is 85.4 Å². The first-order chi connectivity index (χ1) is 8.23. The van der Waals surface area contributed by atoms with E-state index in [1.807, 2.05) is 0 Å². The molecule has 0 saturated heterocycles. The molecule has 1 heterocycles. The highest BCUT2D eigenvalue weighted by molar-refractivity contribution is 5.71. The summed E-state index contributed by atoms with van der Waals surface area (Å²) in [5, 5.41) is 8.63. The Balaban J connectivity index is 3.20. The molecule has 0 aliphatic rings. The van der Waals surface area contributed by atoms with Crippen molar-refractivity contribution in [3.05, 3.63) is 22.9 Å². The van der Waals surface area contributed by atoms with Gasteiger partial charge in [-0.1, -0.05) is 0 Å². The number of pyridine rings is 1. The number of alkyl halides is 3. The number of aromatic nitrogens is 1. The van der Waals surface area contributed by atoms with Gasteiger partial charge in [0.15, 0.2) is 0 Å². The summed E-state index contributed by atoms with van der Waals surface area (Å²) >= 11 is 0. The quantitative estimate of drug-likeness (QED) is 0.857. The molecule has 0 spiro atoms. The minimum absolute atomic E-state index is 0.0533. The Morgan fingerprint density at radius 3 is 2.56 bits per heavy atom. The lowest BCUT2D eigenvalue weighted by Crippen LogP contribution is -2.20. The van der Waals surface area contributed by atoms with E-state index in [1.165, 1.54) is 13.0 Å². The molecule has 0 unspecified atom stereocenters. The Morgan fingerprint density at radius 1 is 1.50 bits per heavy atom. The molecule has 0 amide bonds. The van der Waals surface area contributed by atoms with Crippen LogP contribution in [-0.4, -0.2) is 22.4 Å². The zero-order chi connectivity index (χ0) is 13.9. The zero-order valence-electron chi connectivity index (χ0n) is 9.41. The van der Waals surface area contributed by atoms with Gasteiger partial charge in [0.05, 0.1) is 6.42 Å². The van der Waals surface area contributed by atoms with Crippen LogP contribution in [0.4, 0.5) is 13.2 Å². The summed E-state index contributed by atoms with van der Waals surface area (Å²) in [6, 6.07) is 1.26. The van der Waals surface area contributed by atoms with Crippen molar-refractivity contribution in [3.8, 4) is 5.88 Å². The van der Waals surface area contributed by atoms with Crippen LogP contribution in [0.1, 0.15) is 16.8 Å². The van der Waals surface area contributed by atoms with Crippen LogP contribution in [0.5, 0.6) is 5.88 Å². The molecule has 1 rings (SSSR count). The maximum atomic E-state index is 12.1. The van der Waals surface area contributed by atoms with Gasteiger partial charge in [0, 0.05) is 17.8 Å². The fourth-order valence-electron chi connectivity index (χ4n) is 1.37. The molecule has 0 aromatic carbocycles. The SMILES string of the molecule is Cc1nc(OC(F)(F)F)c(CC(=O)O)cc1CN. The number of nitrogens with two attached hydrogens (primary N) is 1. The Hall–Kier alpha value is -1.83. The first kappa shape index (κ1) is 14.2. The fourth-order valence-corrected chi connectivity index (χ4v) is 1.37. The highest BCUT2D eigenvalue weighted by atomic mass is 19.4. The van der Waals surface area contributed by atoms with Gasteiger partial charge in [-0.05, 0) is 18.6 Å². The molecule has 0 bridgehead atoms.